The molecule has 0 fully saturated rings. The van der Waals surface area contributed by atoms with E-state index in [1.54, 1.807) is 23.0 Å². The molecule has 0 saturated heterocycles. The maximum atomic E-state index is 13.4. The van der Waals surface area contributed by atoms with Gasteiger partial charge in [-0.05, 0) is 53.6 Å². The van der Waals surface area contributed by atoms with Gasteiger partial charge in [-0.15, -0.1) is 0 Å². The predicted octanol–water partition coefficient (Wildman–Crippen LogP) is 3.98. The number of rotatable bonds is 7. The zero-order valence-corrected chi connectivity index (χ0v) is 17.7. The van der Waals surface area contributed by atoms with E-state index < -0.39 is 0 Å². The average molecular weight is 440 g/mol. The van der Waals surface area contributed by atoms with Crippen LogP contribution in [0.25, 0.3) is 11.5 Å². The van der Waals surface area contributed by atoms with Crippen molar-refractivity contribution < 1.29 is 9.18 Å². The van der Waals surface area contributed by atoms with E-state index in [0.717, 1.165) is 11.1 Å². The lowest BCUT2D eigenvalue weighted by atomic mass is 10.1. The van der Waals surface area contributed by atoms with Gasteiger partial charge in [-0.1, -0.05) is 24.3 Å². The average Bonchev–Trinajstić information content (AvgIpc) is 3.60. The number of nitrogens with one attached hydrogen (secondary N) is 1. The zero-order valence-electron chi connectivity index (χ0n) is 17.7. The number of aromatic nitrogens is 5. The molecule has 3 heterocycles. The first kappa shape index (κ1) is 20.4. The Balaban J connectivity index is 1.41. The van der Waals surface area contributed by atoms with Crippen molar-refractivity contribution in [2.24, 2.45) is 0 Å². The second-order valence-corrected chi connectivity index (χ2v) is 7.52. The molecule has 0 aliphatic rings. The van der Waals surface area contributed by atoms with Crippen molar-refractivity contribution >= 4 is 5.91 Å². The number of nitrogens with zero attached hydrogens (tertiary/aromatic N) is 5. The Morgan fingerprint density at radius 2 is 1.64 bits per heavy atom. The molecule has 7 nitrogen and oxygen atoms in total. The lowest BCUT2D eigenvalue weighted by molar-refractivity contribution is 0.0951. The minimum absolute atomic E-state index is 0.249. The SMILES string of the molecule is O=C(NCc1ccccc1Cn1cccn1)c1cnn(-c2ccc(F)cc2)c1-n1cccc1. The maximum Gasteiger partial charge on any atom is 0.256 e. The Morgan fingerprint density at radius 3 is 2.36 bits per heavy atom. The van der Waals surface area contributed by atoms with E-state index in [-0.39, 0.29) is 11.7 Å². The Morgan fingerprint density at radius 1 is 0.879 bits per heavy atom. The van der Waals surface area contributed by atoms with Gasteiger partial charge < -0.3 is 9.88 Å². The minimum atomic E-state index is -0.333. The molecule has 2 aromatic carbocycles. The van der Waals surface area contributed by atoms with E-state index in [9.17, 15) is 9.18 Å². The van der Waals surface area contributed by atoms with Gasteiger partial charge in [0.25, 0.3) is 5.91 Å². The molecule has 3 aromatic heterocycles. The standard InChI is InChI=1S/C25H21FN6O/c26-21-8-10-22(11-9-21)32-25(30-13-3-4-14-30)23(17-29-32)24(33)27-16-19-6-1-2-7-20(19)18-31-15-5-12-28-31/h1-15,17H,16,18H2,(H,27,33). The molecular formula is C25H21FN6O. The highest BCUT2D eigenvalue weighted by Gasteiger charge is 2.20. The van der Waals surface area contributed by atoms with Gasteiger partial charge in [0.2, 0.25) is 0 Å². The molecule has 1 amide bonds. The van der Waals surface area contributed by atoms with E-state index in [0.29, 0.717) is 30.2 Å². The molecule has 0 bridgehead atoms. The molecule has 0 aliphatic heterocycles. The third-order valence-electron chi connectivity index (χ3n) is 5.36. The summed E-state index contributed by atoms with van der Waals surface area (Å²) in [6.45, 7) is 0.985. The molecule has 5 aromatic rings. The second-order valence-electron chi connectivity index (χ2n) is 7.52. The Hall–Kier alpha value is -4.46. The van der Waals surface area contributed by atoms with Gasteiger partial charge in [0.1, 0.15) is 11.4 Å². The first-order chi connectivity index (χ1) is 16.2. The summed E-state index contributed by atoms with van der Waals surface area (Å²) >= 11 is 0. The van der Waals surface area contributed by atoms with Gasteiger partial charge in [0.15, 0.2) is 5.82 Å². The number of amides is 1. The highest BCUT2D eigenvalue weighted by atomic mass is 19.1. The van der Waals surface area contributed by atoms with Crippen LogP contribution in [0, 0.1) is 5.82 Å². The van der Waals surface area contributed by atoms with Crippen LogP contribution in [0.4, 0.5) is 4.39 Å². The number of hydrogen-bond donors (Lipinski definition) is 1. The van der Waals surface area contributed by atoms with Crippen LogP contribution in [-0.2, 0) is 13.1 Å². The molecule has 0 unspecified atom stereocenters. The van der Waals surface area contributed by atoms with E-state index >= 15 is 0 Å². The highest BCUT2D eigenvalue weighted by Crippen LogP contribution is 2.20. The monoisotopic (exact) mass is 440 g/mol. The van der Waals surface area contributed by atoms with Crippen LogP contribution < -0.4 is 5.32 Å². The fraction of sp³-hybridized carbons (Fsp3) is 0.0800. The molecule has 0 spiro atoms. The fourth-order valence-electron chi connectivity index (χ4n) is 3.72. The van der Waals surface area contributed by atoms with Crippen LogP contribution in [0.1, 0.15) is 21.5 Å². The van der Waals surface area contributed by atoms with Crippen LogP contribution >= 0.6 is 0 Å². The molecule has 0 radical (unpaired) electrons. The van der Waals surface area contributed by atoms with Crippen LogP contribution in [0.3, 0.4) is 0 Å². The van der Waals surface area contributed by atoms with E-state index in [2.05, 4.69) is 15.5 Å². The number of carbonyl (C=O) groups excluding carboxylic acids is 1. The summed E-state index contributed by atoms with van der Waals surface area (Å²) in [7, 11) is 0. The number of carbonyl (C=O) groups is 1. The second kappa shape index (κ2) is 8.96. The quantitative estimate of drug-likeness (QED) is 0.416. The van der Waals surface area contributed by atoms with Gasteiger partial charge in [0.05, 0.1) is 18.4 Å². The van der Waals surface area contributed by atoms with Crippen LogP contribution in [0.2, 0.25) is 0 Å². The Kier molecular flexibility index (Phi) is 5.55. The van der Waals surface area contributed by atoms with Crippen molar-refractivity contribution in [3.63, 3.8) is 0 Å². The van der Waals surface area contributed by atoms with E-state index in [1.807, 2.05) is 70.3 Å². The first-order valence-electron chi connectivity index (χ1n) is 10.5. The van der Waals surface area contributed by atoms with Gasteiger partial charge in [-0.25, -0.2) is 9.07 Å². The van der Waals surface area contributed by atoms with Crippen molar-refractivity contribution in [3.05, 3.63) is 120 Å². The lowest BCUT2D eigenvalue weighted by Crippen LogP contribution is -2.25. The van der Waals surface area contributed by atoms with Crippen molar-refractivity contribution in [2.75, 3.05) is 0 Å². The highest BCUT2D eigenvalue weighted by molar-refractivity contribution is 5.97. The van der Waals surface area contributed by atoms with Crippen molar-refractivity contribution in [3.8, 4) is 11.5 Å². The normalized spacial score (nSPS) is 10.9. The van der Waals surface area contributed by atoms with E-state index in [4.69, 9.17) is 0 Å². The Bertz CT molecular complexity index is 1350. The molecule has 8 heteroatoms. The maximum absolute atomic E-state index is 13.4. The molecule has 5 rings (SSSR count). The summed E-state index contributed by atoms with van der Waals surface area (Å²) in [6, 6.07) is 19.6. The molecule has 0 aliphatic carbocycles. The van der Waals surface area contributed by atoms with Crippen LogP contribution in [0.5, 0.6) is 0 Å². The molecule has 0 saturated carbocycles. The van der Waals surface area contributed by atoms with Gasteiger partial charge in [-0.2, -0.15) is 10.2 Å². The third-order valence-corrected chi connectivity index (χ3v) is 5.36. The van der Waals surface area contributed by atoms with Gasteiger partial charge >= 0.3 is 0 Å². The van der Waals surface area contributed by atoms with Crippen LogP contribution in [-0.4, -0.2) is 30.0 Å². The molecule has 0 atom stereocenters. The number of halogens is 1. The number of hydrogen-bond acceptors (Lipinski definition) is 3. The fourth-order valence-corrected chi connectivity index (χ4v) is 3.72. The topological polar surface area (TPSA) is 69.7 Å². The molecular weight excluding hydrogens is 419 g/mol. The predicted molar refractivity (Wildman–Crippen MR) is 122 cm³/mol. The molecule has 1 N–H and O–H groups in total. The summed E-state index contributed by atoms with van der Waals surface area (Å²) in [5, 5.41) is 11.7. The van der Waals surface area contributed by atoms with Crippen molar-refractivity contribution in [1.29, 1.82) is 0 Å². The summed E-state index contributed by atoms with van der Waals surface area (Å²) in [4.78, 5) is 13.2. The smallest absolute Gasteiger partial charge is 0.256 e. The van der Waals surface area contributed by atoms with Gasteiger partial charge in [0, 0.05) is 31.3 Å². The zero-order chi connectivity index (χ0) is 22.6. The summed E-state index contributed by atoms with van der Waals surface area (Å²) in [6.07, 6.45) is 8.86. The summed E-state index contributed by atoms with van der Waals surface area (Å²) < 4.78 is 18.7. The van der Waals surface area contributed by atoms with Crippen molar-refractivity contribution in [2.45, 2.75) is 13.1 Å². The summed E-state index contributed by atoms with van der Waals surface area (Å²) in [5.41, 5.74) is 3.16. The van der Waals surface area contributed by atoms with Crippen LogP contribution in [0.15, 0.2) is 97.7 Å². The molecule has 164 valence electrons. The minimum Gasteiger partial charge on any atom is -0.348 e. The lowest BCUT2D eigenvalue weighted by Gasteiger charge is -2.13. The summed E-state index contributed by atoms with van der Waals surface area (Å²) in [5.74, 6) is -0.00458. The number of benzene rings is 2. The van der Waals surface area contributed by atoms with Gasteiger partial charge in [-0.3, -0.25) is 9.48 Å². The van der Waals surface area contributed by atoms with E-state index in [1.165, 1.54) is 18.3 Å². The third kappa shape index (κ3) is 4.31. The largest absolute Gasteiger partial charge is 0.348 e. The Labute approximate surface area is 189 Å². The molecule has 33 heavy (non-hydrogen) atoms. The van der Waals surface area contributed by atoms with Crippen molar-refractivity contribution in [1.82, 2.24) is 29.4 Å². The first-order valence-corrected chi connectivity index (χ1v) is 10.5.